The van der Waals surface area contributed by atoms with Crippen LogP contribution in [0.1, 0.15) is 11.1 Å². The molecule has 0 heterocycles. The molecule has 0 saturated heterocycles. The van der Waals surface area contributed by atoms with Crippen LogP contribution in [0.4, 0.5) is 4.39 Å². The number of rotatable bonds is 9. The number of carbonyl (C=O) groups is 1. The molecule has 2 rings (SSSR count). The van der Waals surface area contributed by atoms with Gasteiger partial charge in [0.25, 0.3) is 0 Å². The highest BCUT2D eigenvalue weighted by molar-refractivity contribution is 5.77. The fourth-order valence-corrected chi connectivity index (χ4v) is 2.43. The van der Waals surface area contributed by atoms with Crippen molar-refractivity contribution < 1.29 is 13.9 Å². The molecule has 0 fully saturated rings. The van der Waals surface area contributed by atoms with E-state index in [1.807, 2.05) is 24.3 Å². The zero-order valence-electron chi connectivity index (χ0n) is 13.8. The number of methoxy groups -OCH3 is 1. The van der Waals surface area contributed by atoms with Gasteiger partial charge in [-0.3, -0.25) is 4.79 Å². The van der Waals surface area contributed by atoms with Crippen molar-refractivity contribution in [1.82, 2.24) is 10.6 Å². The summed E-state index contributed by atoms with van der Waals surface area (Å²) in [5.41, 5.74) is 1.72. The molecule has 0 spiro atoms. The minimum atomic E-state index is -0.235. The van der Waals surface area contributed by atoms with Crippen LogP contribution < -0.4 is 15.4 Å². The second-order valence-corrected chi connectivity index (χ2v) is 5.43. The third-order valence-corrected chi connectivity index (χ3v) is 3.72. The lowest BCUT2D eigenvalue weighted by Crippen LogP contribution is -2.35. The van der Waals surface area contributed by atoms with Crippen LogP contribution in [0.15, 0.2) is 48.5 Å². The average molecular weight is 330 g/mol. The summed E-state index contributed by atoms with van der Waals surface area (Å²) in [4.78, 5) is 11.8. The van der Waals surface area contributed by atoms with Crippen molar-refractivity contribution in [3.8, 4) is 5.75 Å². The molecule has 0 aliphatic rings. The van der Waals surface area contributed by atoms with E-state index >= 15 is 0 Å². The molecule has 0 radical (unpaired) electrons. The number of ether oxygens (including phenoxy) is 1. The quantitative estimate of drug-likeness (QED) is 0.694. The van der Waals surface area contributed by atoms with Gasteiger partial charge in [0.1, 0.15) is 11.6 Å². The summed E-state index contributed by atoms with van der Waals surface area (Å²) in [5.74, 6) is 0.529. The molecule has 0 atom stereocenters. The van der Waals surface area contributed by atoms with E-state index in [0.717, 1.165) is 17.7 Å². The molecule has 128 valence electrons. The van der Waals surface area contributed by atoms with Crippen LogP contribution in [0, 0.1) is 5.82 Å². The molecule has 2 aromatic rings. The van der Waals surface area contributed by atoms with E-state index in [1.165, 1.54) is 6.07 Å². The molecule has 0 aromatic heterocycles. The van der Waals surface area contributed by atoms with Crippen LogP contribution in [0.5, 0.6) is 5.75 Å². The number of hydrogen-bond donors (Lipinski definition) is 2. The number of para-hydroxylation sites is 1. The SMILES string of the molecule is COc1ccccc1CCNCC(=O)NCCc1ccccc1F. The Hall–Kier alpha value is -2.40. The van der Waals surface area contributed by atoms with E-state index in [-0.39, 0.29) is 18.3 Å². The fraction of sp³-hybridized carbons (Fsp3) is 0.316. The zero-order valence-corrected chi connectivity index (χ0v) is 13.8. The fourth-order valence-electron chi connectivity index (χ4n) is 2.43. The van der Waals surface area contributed by atoms with E-state index in [9.17, 15) is 9.18 Å². The van der Waals surface area contributed by atoms with Crippen LogP contribution in [-0.4, -0.2) is 32.7 Å². The first-order valence-corrected chi connectivity index (χ1v) is 8.03. The van der Waals surface area contributed by atoms with Gasteiger partial charge < -0.3 is 15.4 Å². The Balaban J connectivity index is 1.62. The summed E-state index contributed by atoms with van der Waals surface area (Å²) >= 11 is 0. The van der Waals surface area contributed by atoms with Crippen molar-refractivity contribution in [2.24, 2.45) is 0 Å². The van der Waals surface area contributed by atoms with E-state index in [1.54, 1.807) is 25.3 Å². The van der Waals surface area contributed by atoms with Gasteiger partial charge in [0, 0.05) is 6.54 Å². The highest BCUT2D eigenvalue weighted by Crippen LogP contribution is 2.17. The first kappa shape index (κ1) is 17.9. The predicted molar refractivity (Wildman–Crippen MR) is 92.7 cm³/mol. The molecule has 0 unspecified atom stereocenters. The molecule has 0 aliphatic carbocycles. The number of carbonyl (C=O) groups excluding carboxylic acids is 1. The third-order valence-electron chi connectivity index (χ3n) is 3.72. The second-order valence-electron chi connectivity index (χ2n) is 5.43. The molecular weight excluding hydrogens is 307 g/mol. The molecule has 0 bridgehead atoms. The summed E-state index contributed by atoms with van der Waals surface area (Å²) in [6.07, 6.45) is 1.27. The van der Waals surface area contributed by atoms with E-state index in [0.29, 0.717) is 25.1 Å². The highest BCUT2D eigenvalue weighted by atomic mass is 19.1. The van der Waals surface area contributed by atoms with Gasteiger partial charge in [-0.05, 0) is 42.6 Å². The van der Waals surface area contributed by atoms with Crippen molar-refractivity contribution in [2.45, 2.75) is 12.8 Å². The van der Waals surface area contributed by atoms with Crippen LogP contribution >= 0.6 is 0 Å². The van der Waals surface area contributed by atoms with Gasteiger partial charge in [-0.1, -0.05) is 36.4 Å². The van der Waals surface area contributed by atoms with Gasteiger partial charge in [-0.15, -0.1) is 0 Å². The van der Waals surface area contributed by atoms with Gasteiger partial charge in [-0.2, -0.15) is 0 Å². The minimum absolute atomic E-state index is 0.0913. The average Bonchev–Trinajstić information content (AvgIpc) is 2.60. The van der Waals surface area contributed by atoms with Gasteiger partial charge in [0.15, 0.2) is 0 Å². The van der Waals surface area contributed by atoms with Crippen molar-refractivity contribution in [1.29, 1.82) is 0 Å². The van der Waals surface area contributed by atoms with Crippen LogP contribution in [0.3, 0.4) is 0 Å². The van der Waals surface area contributed by atoms with E-state index in [2.05, 4.69) is 10.6 Å². The number of hydrogen-bond acceptors (Lipinski definition) is 3. The van der Waals surface area contributed by atoms with Crippen LogP contribution in [0.25, 0.3) is 0 Å². The first-order valence-electron chi connectivity index (χ1n) is 8.03. The smallest absolute Gasteiger partial charge is 0.233 e. The van der Waals surface area contributed by atoms with Crippen molar-refractivity contribution in [3.63, 3.8) is 0 Å². The molecule has 0 saturated carbocycles. The Morgan fingerprint density at radius 2 is 1.67 bits per heavy atom. The number of nitrogens with one attached hydrogen (secondary N) is 2. The standard InChI is InChI=1S/C19H23FN2O2/c1-24-18-9-5-3-7-16(18)10-12-21-14-19(23)22-13-11-15-6-2-4-8-17(15)20/h2-9,21H,10-14H2,1H3,(H,22,23). The molecule has 4 nitrogen and oxygen atoms in total. The normalized spacial score (nSPS) is 10.4. The summed E-state index contributed by atoms with van der Waals surface area (Å²) < 4.78 is 18.7. The maximum Gasteiger partial charge on any atom is 0.233 e. The first-order chi connectivity index (χ1) is 11.7. The van der Waals surface area contributed by atoms with Crippen molar-refractivity contribution in [3.05, 3.63) is 65.5 Å². The maximum atomic E-state index is 13.5. The second kappa shape index (κ2) is 9.67. The molecular formula is C19H23FN2O2. The molecule has 0 aliphatic heterocycles. The number of halogens is 1. The Morgan fingerprint density at radius 1 is 1.00 bits per heavy atom. The summed E-state index contributed by atoms with van der Waals surface area (Å²) in [6, 6.07) is 14.4. The van der Waals surface area contributed by atoms with E-state index < -0.39 is 0 Å². The molecule has 2 N–H and O–H groups in total. The number of amides is 1. The van der Waals surface area contributed by atoms with Gasteiger partial charge in [0.05, 0.1) is 13.7 Å². The molecule has 2 aromatic carbocycles. The van der Waals surface area contributed by atoms with Crippen molar-refractivity contribution >= 4 is 5.91 Å². The highest BCUT2D eigenvalue weighted by Gasteiger charge is 2.04. The Morgan fingerprint density at radius 3 is 2.42 bits per heavy atom. The van der Waals surface area contributed by atoms with Crippen LogP contribution in [0.2, 0.25) is 0 Å². The lowest BCUT2D eigenvalue weighted by Gasteiger charge is -2.09. The van der Waals surface area contributed by atoms with E-state index in [4.69, 9.17) is 4.74 Å². The Bertz CT molecular complexity index is 661. The Labute approximate surface area is 142 Å². The Kier molecular flexibility index (Phi) is 7.23. The van der Waals surface area contributed by atoms with Crippen molar-refractivity contribution in [2.75, 3.05) is 26.7 Å². The summed E-state index contributed by atoms with van der Waals surface area (Å²) in [7, 11) is 1.65. The lowest BCUT2D eigenvalue weighted by atomic mass is 10.1. The minimum Gasteiger partial charge on any atom is -0.496 e. The summed E-state index contributed by atoms with van der Waals surface area (Å²) in [6.45, 7) is 1.35. The van der Waals surface area contributed by atoms with Crippen LogP contribution in [-0.2, 0) is 17.6 Å². The monoisotopic (exact) mass is 330 g/mol. The topological polar surface area (TPSA) is 50.4 Å². The third kappa shape index (κ3) is 5.66. The lowest BCUT2D eigenvalue weighted by molar-refractivity contribution is -0.120. The largest absolute Gasteiger partial charge is 0.496 e. The summed E-state index contributed by atoms with van der Waals surface area (Å²) in [5, 5.41) is 5.89. The number of benzene rings is 2. The molecule has 5 heteroatoms. The van der Waals surface area contributed by atoms with Gasteiger partial charge >= 0.3 is 0 Å². The van der Waals surface area contributed by atoms with Gasteiger partial charge in [0.2, 0.25) is 5.91 Å². The van der Waals surface area contributed by atoms with Gasteiger partial charge in [-0.25, -0.2) is 4.39 Å². The molecule has 1 amide bonds. The zero-order chi connectivity index (χ0) is 17.2. The maximum absolute atomic E-state index is 13.5. The molecule has 24 heavy (non-hydrogen) atoms. The predicted octanol–water partition coefficient (Wildman–Crippen LogP) is 2.33.